The number of carbonyl (C=O) groups excluding carboxylic acids is 1. The molecule has 1 amide bonds. The summed E-state index contributed by atoms with van der Waals surface area (Å²) in [7, 11) is 1.56. The number of nitrogens with zero attached hydrogens (tertiary/aromatic N) is 2. The molecule has 0 saturated carbocycles. The first-order valence-electron chi connectivity index (χ1n) is 7.21. The Bertz CT molecular complexity index is 1050. The number of hydrogen-bond acceptors (Lipinski definition) is 3. The third-order valence-corrected chi connectivity index (χ3v) is 3.90. The van der Waals surface area contributed by atoms with Crippen LogP contribution >= 0.6 is 11.6 Å². The lowest BCUT2D eigenvalue weighted by molar-refractivity contribution is -0.116. The first kappa shape index (κ1) is 16.0. The van der Waals surface area contributed by atoms with E-state index in [0.717, 1.165) is 4.57 Å². The summed E-state index contributed by atoms with van der Waals surface area (Å²) in [5, 5.41) is 3.48. The third kappa shape index (κ3) is 2.96. The lowest BCUT2D eigenvalue weighted by Gasteiger charge is -2.11. The topological polar surface area (TPSA) is 73.1 Å². The molecule has 3 rings (SSSR count). The van der Waals surface area contributed by atoms with Gasteiger partial charge in [-0.15, -0.1) is 0 Å². The van der Waals surface area contributed by atoms with Crippen molar-refractivity contribution in [2.75, 3.05) is 5.32 Å². The Morgan fingerprint density at radius 3 is 2.62 bits per heavy atom. The molecule has 0 bridgehead atoms. The second-order valence-corrected chi connectivity index (χ2v) is 5.74. The SMILES string of the molecule is Cn1c(=O)n(CC(=O)Nc2cccc(Cl)c2)c(=O)c2ccccc21. The fraction of sp³-hybridized carbons (Fsp3) is 0.118. The van der Waals surface area contributed by atoms with E-state index in [1.54, 1.807) is 55.6 Å². The van der Waals surface area contributed by atoms with E-state index in [1.165, 1.54) is 4.57 Å². The van der Waals surface area contributed by atoms with Gasteiger partial charge in [0.1, 0.15) is 6.54 Å². The van der Waals surface area contributed by atoms with Crippen LogP contribution in [0, 0.1) is 0 Å². The molecule has 0 radical (unpaired) electrons. The smallest absolute Gasteiger partial charge is 0.324 e. The summed E-state index contributed by atoms with van der Waals surface area (Å²) in [5.41, 5.74) is -0.00736. The molecule has 122 valence electrons. The van der Waals surface area contributed by atoms with Crippen LogP contribution in [-0.4, -0.2) is 15.0 Å². The quantitative estimate of drug-likeness (QED) is 0.790. The number of para-hydroxylation sites is 1. The summed E-state index contributed by atoms with van der Waals surface area (Å²) >= 11 is 5.87. The van der Waals surface area contributed by atoms with Crippen molar-refractivity contribution in [1.82, 2.24) is 9.13 Å². The van der Waals surface area contributed by atoms with Crippen molar-refractivity contribution in [3.63, 3.8) is 0 Å². The second-order valence-electron chi connectivity index (χ2n) is 5.31. The van der Waals surface area contributed by atoms with Gasteiger partial charge in [-0.25, -0.2) is 4.79 Å². The predicted molar refractivity (Wildman–Crippen MR) is 93.5 cm³/mol. The Labute approximate surface area is 141 Å². The number of aromatic nitrogens is 2. The standard InChI is InChI=1S/C17H14ClN3O3/c1-20-14-8-3-2-7-13(14)16(23)21(17(20)24)10-15(22)19-12-6-4-5-11(18)9-12/h2-9H,10H2,1H3,(H,19,22). The van der Waals surface area contributed by atoms with E-state index in [9.17, 15) is 14.4 Å². The van der Waals surface area contributed by atoms with Gasteiger partial charge < -0.3 is 5.32 Å². The van der Waals surface area contributed by atoms with Crippen LogP contribution in [0.2, 0.25) is 5.02 Å². The molecule has 0 aliphatic rings. The normalized spacial score (nSPS) is 10.8. The van der Waals surface area contributed by atoms with Gasteiger partial charge in [-0.3, -0.25) is 18.7 Å². The van der Waals surface area contributed by atoms with Crippen LogP contribution in [-0.2, 0) is 18.4 Å². The maximum absolute atomic E-state index is 12.5. The summed E-state index contributed by atoms with van der Waals surface area (Å²) in [4.78, 5) is 37.0. The molecule has 0 fully saturated rings. The maximum Gasteiger partial charge on any atom is 0.331 e. The maximum atomic E-state index is 12.5. The highest BCUT2D eigenvalue weighted by atomic mass is 35.5. The molecule has 0 atom stereocenters. The zero-order valence-corrected chi connectivity index (χ0v) is 13.6. The largest absolute Gasteiger partial charge is 0.331 e. The van der Waals surface area contributed by atoms with E-state index in [2.05, 4.69) is 5.32 Å². The van der Waals surface area contributed by atoms with Crippen LogP contribution in [0.1, 0.15) is 0 Å². The van der Waals surface area contributed by atoms with Crippen LogP contribution in [0.5, 0.6) is 0 Å². The predicted octanol–water partition coefficient (Wildman–Crippen LogP) is 1.99. The van der Waals surface area contributed by atoms with Gasteiger partial charge in [-0.05, 0) is 30.3 Å². The van der Waals surface area contributed by atoms with Crippen molar-refractivity contribution >= 4 is 34.1 Å². The van der Waals surface area contributed by atoms with Gasteiger partial charge in [-0.2, -0.15) is 0 Å². The van der Waals surface area contributed by atoms with Gasteiger partial charge in [-0.1, -0.05) is 29.8 Å². The molecule has 2 aromatic carbocycles. The molecule has 1 N–H and O–H groups in total. The molecular formula is C17H14ClN3O3. The Morgan fingerprint density at radius 1 is 1.12 bits per heavy atom. The zero-order chi connectivity index (χ0) is 17.3. The summed E-state index contributed by atoms with van der Waals surface area (Å²) in [5.74, 6) is -0.480. The Balaban J connectivity index is 1.97. The van der Waals surface area contributed by atoms with Gasteiger partial charge >= 0.3 is 5.69 Å². The van der Waals surface area contributed by atoms with Crippen molar-refractivity contribution < 1.29 is 4.79 Å². The summed E-state index contributed by atoms with van der Waals surface area (Å²) < 4.78 is 2.27. The number of amides is 1. The van der Waals surface area contributed by atoms with E-state index >= 15 is 0 Å². The lowest BCUT2D eigenvalue weighted by atomic mass is 10.2. The summed E-state index contributed by atoms with van der Waals surface area (Å²) in [6.07, 6.45) is 0. The molecular weight excluding hydrogens is 330 g/mol. The van der Waals surface area contributed by atoms with Crippen molar-refractivity contribution in [3.8, 4) is 0 Å². The number of anilines is 1. The third-order valence-electron chi connectivity index (χ3n) is 3.67. The molecule has 0 unspecified atom stereocenters. The average Bonchev–Trinajstić information content (AvgIpc) is 2.57. The van der Waals surface area contributed by atoms with Crippen molar-refractivity contribution in [2.24, 2.45) is 7.05 Å². The molecule has 1 heterocycles. The average molecular weight is 344 g/mol. The highest BCUT2D eigenvalue weighted by Gasteiger charge is 2.13. The first-order chi connectivity index (χ1) is 11.5. The number of benzene rings is 2. The van der Waals surface area contributed by atoms with Crippen molar-refractivity contribution in [2.45, 2.75) is 6.54 Å². The minimum Gasteiger partial charge on any atom is -0.324 e. The molecule has 0 aliphatic heterocycles. The number of hydrogen-bond donors (Lipinski definition) is 1. The van der Waals surface area contributed by atoms with Crippen molar-refractivity contribution in [3.05, 3.63) is 74.4 Å². The number of carbonyl (C=O) groups is 1. The van der Waals surface area contributed by atoms with Crippen LogP contribution in [0.15, 0.2) is 58.1 Å². The Hall–Kier alpha value is -2.86. The summed E-state index contributed by atoms with van der Waals surface area (Å²) in [6, 6.07) is 13.4. The number of fused-ring (bicyclic) bond motifs is 1. The van der Waals surface area contributed by atoms with E-state index in [1.807, 2.05) is 0 Å². The van der Waals surface area contributed by atoms with Gasteiger partial charge in [0, 0.05) is 17.8 Å². The van der Waals surface area contributed by atoms with Crippen LogP contribution in [0.25, 0.3) is 10.9 Å². The molecule has 0 saturated heterocycles. The molecule has 7 heteroatoms. The molecule has 0 aliphatic carbocycles. The number of halogens is 1. The monoisotopic (exact) mass is 343 g/mol. The highest BCUT2D eigenvalue weighted by molar-refractivity contribution is 6.30. The Kier molecular flexibility index (Phi) is 4.22. The van der Waals surface area contributed by atoms with Gasteiger partial charge in [0.2, 0.25) is 5.91 Å². The number of aryl methyl sites for hydroxylation is 1. The van der Waals surface area contributed by atoms with E-state index in [-0.39, 0.29) is 6.54 Å². The minimum absolute atomic E-state index is 0.372. The lowest BCUT2D eigenvalue weighted by Crippen LogP contribution is -2.41. The van der Waals surface area contributed by atoms with Crippen molar-refractivity contribution in [1.29, 1.82) is 0 Å². The second kappa shape index (κ2) is 6.33. The van der Waals surface area contributed by atoms with Gasteiger partial charge in [0.15, 0.2) is 0 Å². The van der Waals surface area contributed by atoms with Gasteiger partial charge in [0.05, 0.1) is 10.9 Å². The molecule has 1 aromatic heterocycles. The molecule has 24 heavy (non-hydrogen) atoms. The highest BCUT2D eigenvalue weighted by Crippen LogP contribution is 2.14. The van der Waals surface area contributed by atoms with E-state index in [4.69, 9.17) is 11.6 Å². The Morgan fingerprint density at radius 2 is 1.88 bits per heavy atom. The van der Waals surface area contributed by atoms with Crippen LogP contribution in [0.4, 0.5) is 5.69 Å². The number of nitrogens with one attached hydrogen (secondary N) is 1. The number of rotatable bonds is 3. The first-order valence-corrected chi connectivity index (χ1v) is 7.59. The summed E-state index contributed by atoms with van der Waals surface area (Å²) in [6.45, 7) is -0.372. The van der Waals surface area contributed by atoms with Crippen LogP contribution < -0.4 is 16.6 Å². The van der Waals surface area contributed by atoms with E-state index in [0.29, 0.717) is 21.6 Å². The minimum atomic E-state index is -0.542. The van der Waals surface area contributed by atoms with Gasteiger partial charge in [0.25, 0.3) is 5.56 Å². The molecule has 0 spiro atoms. The molecule has 6 nitrogen and oxygen atoms in total. The fourth-order valence-electron chi connectivity index (χ4n) is 2.51. The zero-order valence-electron chi connectivity index (χ0n) is 12.8. The fourth-order valence-corrected chi connectivity index (χ4v) is 2.70. The van der Waals surface area contributed by atoms with Crippen LogP contribution in [0.3, 0.4) is 0 Å². The van der Waals surface area contributed by atoms with E-state index < -0.39 is 17.2 Å². The molecule has 3 aromatic rings.